The molecule has 7 heteroatoms. The van der Waals surface area contributed by atoms with Crippen molar-refractivity contribution in [1.29, 1.82) is 0 Å². The second-order valence-corrected chi connectivity index (χ2v) is 5.77. The number of fused-ring (bicyclic) bond motifs is 1. The van der Waals surface area contributed by atoms with Crippen LogP contribution in [-0.2, 0) is 16.0 Å². The Balaban J connectivity index is 0.00000169. The molecular formula is C19H25Cl2N3O2. The lowest BCUT2D eigenvalue weighted by molar-refractivity contribution is -0.115. The van der Waals surface area contributed by atoms with Crippen molar-refractivity contribution in [3.8, 4) is 0 Å². The van der Waals surface area contributed by atoms with Crippen LogP contribution >= 0.6 is 24.8 Å². The normalized spacial score (nSPS) is 12.0. The van der Waals surface area contributed by atoms with Crippen LogP contribution in [0.25, 0.3) is 0 Å². The Morgan fingerprint density at radius 1 is 1.08 bits per heavy atom. The maximum Gasteiger partial charge on any atom is 0.238 e. The molecule has 3 rings (SSSR count). The number of carbonyl (C=O) groups is 1. The SMILES string of the molecule is COCCNCC(=O)Nc1ccccc1N1CCc2ccccc21.Cl.Cl. The first-order valence-corrected chi connectivity index (χ1v) is 8.23. The first-order chi connectivity index (χ1) is 11.8. The first kappa shape index (κ1) is 22.3. The van der Waals surface area contributed by atoms with Gasteiger partial charge in [-0.1, -0.05) is 30.3 Å². The van der Waals surface area contributed by atoms with Crippen LogP contribution in [0.3, 0.4) is 0 Å². The zero-order chi connectivity index (χ0) is 16.8. The number of anilines is 3. The molecule has 2 N–H and O–H groups in total. The number of rotatable bonds is 7. The Kier molecular flexibility index (Phi) is 9.44. The Morgan fingerprint density at radius 3 is 2.54 bits per heavy atom. The smallest absolute Gasteiger partial charge is 0.238 e. The Hall–Kier alpha value is -1.79. The van der Waals surface area contributed by atoms with Gasteiger partial charge in [0.1, 0.15) is 0 Å². The van der Waals surface area contributed by atoms with Gasteiger partial charge in [0.15, 0.2) is 0 Å². The van der Waals surface area contributed by atoms with Crippen molar-refractivity contribution in [2.45, 2.75) is 6.42 Å². The molecule has 0 aromatic heterocycles. The molecule has 2 aromatic rings. The van der Waals surface area contributed by atoms with E-state index in [-0.39, 0.29) is 37.3 Å². The van der Waals surface area contributed by atoms with Crippen LogP contribution in [0.5, 0.6) is 0 Å². The summed E-state index contributed by atoms with van der Waals surface area (Å²) in [5.74, 6) is -0.0500. The van der Waals surface area contributed by atoms with Gasteiger partial charge in [0.05, 0.1) is 24.5 Å². The molecule has 0 fully saturated rings. The number of para-hydroxylation sites is 3. The van der Waals surface area contributed by atoms with Gasteiger partial charge in [0, 0.05) is 25.9 Å². The minimum absolute atomic E-state index is 0. The molecule has 0 atom stereocenters. The van der Waals surface area contributed by atoms with Crippen molar-refractivity contribution in [2.24, 2.45) is 0 Å². The molecule has 1 aliphatic rings. The number of nitrogens with zero attached hydrogens (tertiary/aromatic N) is 1. The van der Waals surface area contributed by atoms with E-state index in [0.717, 1.165) is 24.3 Å². The van der Waals surface area contributed by atoms with Gasteiger partial charge in [0.25, 0.3) is 0 Å². The molecule has 5 nitrogen and oxygen atoms in total. The Bertz CT molecular complexity index is 713. The second-order valence-electron chi connectivity index (χ2n) is 5.77. The Labute approximate surface area is 166 Å². The highest BCUT2D eigenvalue weighted by molar-refractivity contribution is 5.96. The molecule has 0 saturated heterocycles. The predicted molar refractivity (Wildman–Crippen MR) is 111 cm³/mol. The summed E-state index contributed by atoms with van der Waals surface area (Å²) in [4.78, 5) is 14.4. The maximum absolute atomic E-state index is 12.2. The van der Waals surface area contributed by atoms with E-state index < -0.39 is 0 Å². The number of ether oxygens (including phenoxy) is 1. The third-order valence-corrected chi connectivity index (χ3v) is 4.12. The minimum atomic E-state index is -0.0500. The third kappa shape index (κ3) is 5.35. The topological polar surface area (TPSA) is 53.6 Å². The third-order valence-electron chi connectivity index (χ3n) is 4.12. The first-order valence-electron chi connectivity index (χ1n) is 8.23. The van der Waals surface area contributed by atoms with Crippen LogP contribution in [0.15, 0.2) is 48.5 Å². The van der Waals surface area contributed by atoms with Gasteiger partial charge in [-0.2, -0.15) is 0 Å². The number of nitrogens with one attached hydrogen (secondary N) is 2. The van der Waals surface area contributed by atoms with Crippen molar-refractivity contribution >= 4 is 47.8 Å². The summed E-state index contributed by atoms with van der Waals surface area (Å²) in [6.45, 7) is 2.45. The summed E-state index contributed by atoms with van der Waals surface area (Å²) < 4.78 is 4.96. The van der Waals surface area contributed by atoms with Crippen LogP contribution < -0.4 is 15.5 Å². The van der Waals surface area contributed by atoms with Crippen LogP contribution in [0, 0.1) is 0 Å². The standard InChI is InChI=1S/C19H23N3O2.2ClH/c1-24-13-11-20-14-19(23)21-16-7-3-5-9-18(16)22-12-10-15-6-2-4-8-17(15)22;;/h2-9,20H,10-14H2,1H3,(H,21,23);2*1H. The van der Waals surface area contributed by atoms with Crippen molar-refractivity contribution < 1.29 is 9.53 Å². The van der Waals surface area contributed by atoms with Crippen molar-refractivity contribution in [1.82, 2.24) is 5.32 Å². The van der Waals surface area contributed by atoms with Gasteiger partial charge in [-0.15, -0.1) is 24.8 Å². The van der Waals surface area contributed by atoms with E-state index in [9.17, 15) is 4.79 Å². The number of benzene rings is 2. The van der Waals surface area contributed by atoms with E-state index >= 15 is 0 Å². The van der Waals surface area contributed by atoms with Gasteiger partial charge >= 0.3 is 0 Å². The molecular weight excluding hydrogens is 373 g/mol. The fourth-order valence-corrected chi connectivity index (χ4v) is 2.97. The molecule has 0 bridgehead atoms. The highest BCUT2D eigenvalue weighted by Crippen LogP contribution is 2.37. The average molecular weight is 398 g/mol. The van der Waals surface area contributed by atoms with Gasteiger partial charge < -0.3 is 20.3 Å². The largest absolute Gasteiger partial charge is 0.383 e. The molecule has 0 spiro atoms. The highest BCUT2D eigenvalue weighted by Gasteiger charge is 2.22. The molecule has 0 unspecified atom stereocenters. The molecule has 1 heterocycles. The molecule has 0 radical (unpaired) electrons. The fraction of sp³-hybridized carbons (Fsp3) is 0.316. The fourth-order valence-electron chi connectivity index (χ4n) is 2.97. The summed E-state index contributed by atoms with van der Waals surface area (Å²) in [5.41, 5.74) is 4.44. The highest BCUT2D eigenvalue weighted by atomic mass is 35.5. The summed E-state index contributed by atoms with van der Waals surface area (Å²) in [5, 5.41) is 6.07. The Morgan fingerprint density at radius 2 is 1.77 bits per heavy atom. The van der Waals surface area contributed by atoms with E-state index in [4.69, 9.17) is 4.74 Å². The molecule has 1 aliphatic heterocycles. The number of halogens is 2. The van der Waals surface area contributed by atoms with Crippen LogP contribution in [-0.4, -0.2) is 39.3 Å². The maximum atomic E-state index is 12.2. The van der Waals surface area contributed by atoms with Gasteiger partial charge in [0.2, 0.25) is 5.91 Å². The quantitative estimate of drug-likeness (QED) is 0.702. The predicted octanol–water partition coefficient (Wildman–Crippen LogP) is 3.40. The lowest BCUT2D eigenvalue weighted by Crippen LogP contribution is -2.30. The van der Waals surface area contributed by atoms with E-state index in [1.54, 1.807) is 7.11 Å². The number of methoxy groups -OCH3 is 1. The summed E-state index contributed by atoms with van der Waals surface area (Å²) in [7, 11) is 1.64. The van der Waals surface area contributed by atoms with E-state index in [1.807, 2.05) is 18.2 Å². The van der Waals surface area contributed by atoms with Crippen LogP contribution in [0.1, 0.15) is 5.56 Å². The number of hydrogen-bond acceptors (Lipinski definition) is 4. The summed E-state index contributed by atoms with van der Waals surface area (Å²) >= 11 is 0. The van der Waals surface area contributed by atoms with Gasteiger partial charge in [-0.3, -0.25) is 4.79 Å². The zero-order valence-corrected chi connectivity index (χ0v) is 16.4. The summed E-state index contributed by atoms with van der Waals surface area (Å²) in [6.07, 6.45) is 1.02. The van der Waals surface area contributed by atoms with Crippen LogP contribution in [0.2, 0.25) is 0 Å². The second kappa shape index (κ2) is 11.0. The van der Waals surface area contributed by atoms with E-state index in [2.05, 4.69) is 45.9 Å². The van der Waals surface area contributed by atoms with Crippen LogP contribution in [0.4, 0.5) is 17.1 Å². The number of amides is 1. The number of hydrogen-bond donors (Lipinski definition) is 2. The van der Waals surface area contributed by atoms with E-state index in [1.165, 1.54) is 11.3 Å². The molecule has 26 heavy (non-hydrogen) atoms. The lowest BCUT2D eigenvalue weighted by Gasteiger charge is -2.23. The van der Waals surface area contributed by atoms with Gasteiger partial charge in [-0.05, 0) is 30.2 Å². The number of carbonyl (C=O) groups excluding carboxylic acids is 1. The van der Waals surface area contributed by atoms with Crippen molar-refractivity contribution in [2.75, 3.05) is 43.6 Å². The van der Waals surface area contributed by atoms with Crippen molar-refractivity contribution in [3.63, 3.8) is 0 Å². The van der Waals surface area contributed by atoms with Gasteiger partial charge in [-0.25, -0.2) is 0 Å². The van der Waals surface area contributed by atoms with Crippen molar-refractivity contribution in [3.05, 3.63) is 54.1 Å². The molecule has 2 aromatic carbocycles. The minimum Gasteiger partial charge on any atom is -0.383 e. The molecule has 0 saturated carbocycles. The van der Waals surface area contributed by atoms with E-state index in [0.29, 0.717) is 13.2 Å². The zero-order valence-electron chi connectivity index (χ0n) is 14.7. The lowest BCUT2D eigenvalue weighted by atomic mass is 10.2. The summed E-state index contributed by atoms with van der Waals surface area (Å²) in [6, 6.07) is 16.4. The molecule has 0 aliphatic carbocycles. The molecule has 142 valence electrons. The average Bonchev–Trinajstić information content (AvgIpc) is 3.03. The monoisotopic (exact) mass is 397 g/mol. The molecule has 1 amide bonds.